The van der Waals surface area contributed by atoms with Gasteiger partial charge in [-0.1, -0.05) is 30.0 Å². The lowest BCUT2D eigenvalue weighted by Gasteiger charge is -2.14. The van der Waals surface area contributed by atoms with Gasteiger partial charge in [0.05, 0.1) is 12.9 Å². The predicted octanol–water partition coefficient (Wildman–Crippen LogP) is 4.00. The minimum Gasteiger partial charge on any atom is -0.497 e. The first-order valence-corrected chi connectivity index (χ1v) is 10.1. The number of rotatable bonds is 8. The van der Waals surface area contributed by atoms with Crippen LogP contribution < -0.4 is 14.8 Å². The van der Waals surface area contributed by atoms with Crippen LogP contribution in [0.1, 0.15) is 24.4 Å². The lowest BCUT2D eigenvalue weighted by atomic mass is 10.2. The first kappa shape index (κ1) is 20.7. The maximum absolute atomic E-state index is 12.3. The molecule has 1 aromatic heterocycles. The molecule has 0 saturated heterocycles. The van der Waals surface area contributed by atoms with Crippen LogP contribution in [0.25, 0.3) is 0 Å². The molecule has 1 heterocycles. The summed E-state index contributed by atoms with van der Waals surface area (Å²) in [7, 11) is 3.49. The molecule has 1 amide bonds. The molecule has 0 fully saturated rings. The van der Waals surface area contributed by atoms with E-state index in [9.17, 15) is 4.79 Å². The molecule has 1 atom stereocenters. The third kappa shape index (κ3) is 5.29. The van der Waals surface area contributed by atoms with Gasteiger partial charge in [-0.3, -0.25) is 4.79 Å². The molecule has 0 aliphatic carbocycles. The summed E-state index contributed by atoms with van der Waals surface area (Å²) in [6, 6.07) is 15.1. The van der Waals surface area contributed by atoms with Gasteiger partial charge in [0.2, 0.25) is 5.91 Å². The quantitative estimate of drug-likeness (QED) is 0.564. The van der Waals surface area contributed by atoms with Gasteiger partial charge in [-0.05, 0) is 49.7 Å². The molecule has 152 valence electrons. The van der Waals surface area contributed by atoms with Crippen molar-refractivity contribution in [1.82, 2.24) is 14.8 Å². The molecular formula is C21H24N4O3S. The molecule has 2 aromatic carbocycles. The van der Waals surface area contributed by atoms with E-state index in [1.54, 1.807) is 7.11 Å². The number of anilines is 1. The van der Waals surface area contributed by atoms with E-state index in [1.807, 2.05) is 74.0 Å². The van der Waals surface area contributed by atoms with E-state index in [4.69, 9.17) is 9.47 Å². The number of ether oxygens (including phenoxy) is 2. The molecule has 8 heteroatoms. The highest BCUT2D eigenvalue weighted by Crippen LogP contribution is 2.25. The number of amides is 1. The standard InChI is InChI=1S/C21H24N4O3S/c1-14-7-5-6-8-18(14)22-19(26)13-29-21-24-23-20(25(21)3)15(2)28-17-11-9-16(27-4)10-12-17/h5-12,15H,13H2,1-4H3,(H,22,26). The van der Waals surface area contributed by atoms with Crippen LogP contribution in [0.4, 0.5) is 5.69 Å². The van der Waals surface area contributed by atoms with E-state index in [0.717, 1.165) is 17.0 Å². The molecule has 0 radical (unpaired) electrons. The monoisotopic (exact) mass is 412 g/mol. The summed E-state index contributed by atoms with van der Waals surface area (Å²) in [5.74, 6) is 2.33. The molecule has 0 saturated carbocycles. The van der Waals surface area contributed by atoms with Gasteiger partial charge in [0.1, 0.15) is 11.5 Å². The number of hydrogen-bond donors (Lipinski definition) is 1. The largest absolute Gasteiger partial charge is 0.497 e. The maximum atomic E-state index is 12.3. The minimum atomic E-state index is -0.295. The number of carbonyl (C=O) groups excluding carboxylic acids is 1. The molecule has 1 N–H and O–H groups in total. The van der Waals surface area contributed by atoms with Crippen molar-refractivity contribution >= 4 is 23.4 Å². The fourth-order valence-corrected chi connectivity index (χ4v) is 3.46. The summed E-state index contributed by atoms with van der Waals surface area (Å²) in [5.41, 5.74) is 1.84. The summed E-state index contributed by atoms with van der Waals surface area (Å²) in [4.78, 5) is 12.3. The van der Waals surface area contributed by atoms with Crippen molar-refractivity contribution in [3.63, 3.8) is 0 Å². The van der Waals surface area contributed by atoms with Crippen molar-refractivity contribution in [3.8, 4) is 11.5 Å². The SMILES string of the molecule is COc1ccc(OC(C)c2nnc(SCC(=O)Nc3ccccc3C)n2C)cc1. The molecule has 0 spiro atoms. The number of carbonyl (C=O) groups is 1. The van der Waals surface area contributed by atoms with Gasteiger partial charge in [0.25, 0.3) is 0 Å². The molecule has 0 aliphatic rings. The van der Waals surface area contributed by atoms with Crippen LogP contribution in [0.5, 0.6) is 11.5 Å². The Morgan fingerprint density at radius 1 is 1.14 bits per heavy atom. The van der Waals surface area contributed by atoms with Crippen LogP contribution >= 0.6 is 11.8 Å². The molecule has 1 unspecified atom stereocenters. The Hall–Kier alpha value is -3.00. The van der Waals surface area contributed by atoms with Crippen molar-refractivity contribution in [2.75, 3.05) is 18.2 Å². The first-order chi connectivity index (χ1) is 14.0. The average Bonchev–Trinajstić information content (AvgIpc) is 3.09. The maximum Gasteiger partial charge on any atom is 0.234 e. The fraction of sp³-hybridized carbons (Fsp3) is 0.286. The molecule has 0 bridgehead atoms. The highest BCUT2D eigenvalue weighted by Gasteiger charge is 2.18. The van der Waals surface area contributed by atoms with Crippen LogP contribution in [0.3, 0.4) is 0 Å². The summed E-state index contributed by atoms with van der Waals surface area (Å²) in [6.45, 7) is 3.87. The van der Waals surface area contributed by atoms with Gasteiger partial charge in [-0.15, -0.1) is 10.2 Å². The molecule has 29 heavy (non-hydrogen) atoms. The lowest BCUT2D eigenvalue weighted by Crippen LogP contribution is -2.15. The van der Waals surface area contributed by atoms with E-state index in [-0.39, 0.29) is 17.8 Å². The average molecular weight is 413 g/mol. The second kappa shape index (κ2) is 9.47. The molecule has 0 aliphatic heterocycles. The first-order valence-electron chi connectivity index (χ1n) is 9.16. The van der Waals surface area contributed by atoms with E-state index < -0.39 is 0 Å². The molecule has 3 rings (SSSR count). The predicted molar refractivity (Wildman–Crippen MR) is 114 cm³/mol. The zero-order chi connectivity index (χ0) is 20.8. The van der Waals surface area contributed by atoms with Gasteiger partial charge in [0, 0.05) is 12.7 Å². The fourth-order valence-electron chi connectivity index (χ4n) is 2.75. The van der Waals surface area contributed by atoms with Gasteiger partial charge in [-0.2, -0.15) is 0 Å². The minimum absolute atomic E-state index is 0.0867. The van der Waals surface area contributed by atoms with Gasteiger partial charge >= 0.3 is 0 Å². The highest BCUT2D eigenvalue weighted by atomic mass is 32.2. The van der Waals surface area contributed by atoms with Crippen molar-refractivity contribution in [2.45, 2.75) is 25.1 Å². The van der Waals surface area contributed by atoms with Crippen molar-refractivity contribution < 1.29 is 14.3 Å². The zero-order valence-corrected chi connectivity index (χ0v) is 17.7. The molecular weight excluding hydrogens is 388 g/mol. The number of nitrogens with one attached hydrogen (secondary N) is 1. The van der Waals surface area contributed by atoms with Crippen LogP contribution in [0.15, 0.2) is 53.7 Å². The number of aryl methyl sites for hydroxylation is 1. The highest BCUT2D eigenvalue weighted by molar-refractivity contribution is 7.99. The Kier molecular flexibility index (Phi) is 6.77. The number of hydrogen-bond acceptors (Lipinski definition) is 6. The third-order valence-electron chi connectivity index (χ3n) is 4.36. The van der Waals surface area contributed by atoms with Crippen LogP contribution in [0, 0.1) is 6.92 Å². The zero-order valence-electron chi connectivity index (χ0n) is 16.9. The van der Waals surface area contributed by atoms with E-state index in [0.29, 0.717) is 16.7 Å². The van der Waals surface area contributed by atoms with Crippen LogP contribution in [-0.2, 0) is 11.8 Å². The number of para-hydroxylation sites is 1. The van der Waals surface area contributed by atoms with E-state index in [2.05, 4.69) is 15.5 Å². The summed E-state index contributed by atoms with van der Waals surface area (Å²) >= 11 is 1.33. The number of benzene rings is 2. The van der Waals surface area contributed by atoms with Crippen LogP contribution in [0.2, 0.25) is 0 Å². The number of methoxy groups -OCH3 is 1. The normalized spacial score (nSPS) is 11.7. The Bertz CT molecular complexity index is 972. The number of nitrogens with zero attached hydrogens (tertiary/aromatic N) is 3. The van der Waals surface area contributed by atoms with Gasteiger partial charge < -0.3 is 19.4 Å². The number of thioether (sulfide) groups is 1. The lowest BCUT2D eigenvalue weighted by molar-refractivity contribution is -0.113. The summed E-state index contributed by atoms with van der Waals surface area (Å²) < 4.78 is 12.9. The Morgan fingerprint density at radius 3 is 2.52 bits per heavy atom. The molecule has 7 nitrogen and oxygen atoms in total. The summed E-state index contributed by atoms with van der Waals surface area (Å²) in [5, 5.41) is 12.0. The third-order valence-corrected chi connectivity index (χ3v) is 5.38. The Labute approximate surface area is 174 Å². The second-order valence-electron chi connectivity index (χ2n) is 6.49. The van der Waals surface area contributed by atoms with E-state index in [1.165, 1.54) is 11.8 Å². The van der Waals surface area contributed by atoms with Crippen molar-refractivity contribution in [2.24, 2.45) is 7.05 Å². The Balaban J connectivity index is 1.58. The number of aromatic nitrogens is 3. The smallest absolute Gasteiger partial charge is 0.234 e. The van der Waals surface area contributed by atoms with Crippen molar-refractivity contribution in [1.29, 1.82) is 0 Å². The Morgan fingerprint density at radius 2 is 1.83 bits per heavy atom. The van der Waals surface area contributed by atoms with Crippen LogP contribution in [-0.4, -0.2) is 33.5 Å². The van der Waals surface area contributed by atoms with Crippen molar-refractivity contribution in [3.05, 3.63) is 59.9 Å². The second-order valence-corrected chi connectivity index (χ2v) is 7.43. The van der Waals surface area contributed by atoms with E-state index >= 15 is 0 Å². The summed E-state index contributed by atoms with van der Waals surface area (Å²) in [6.07, 6.45) is -0.295. The van der Waals surface area contributed by atoms with Gasteiger partial charge in [-0.25, -0.2) is 0 Å². The molecule has 3 aromatic rings. The topological polar surface area (TPSA) is 78.3 Å². The van der Waals surface area contributed by atoms with Gasteiger partial charge in [0.15, 0.2) is 17.1 Å².